The molecule has 0 aromatic carbocycles. The molecule has 2 rings (SSSR count). The molecule has 0 aliphatic rings. The molecule has 104 valence electrons. The number of hydrogen-bond donors (Lipinski definition) is 1. The molecule has 0 spiro atoms. The number of rotatable bonds is 4. The Morgan fingerprint density at radius 2 is 2.11 bits per heavy atom. The van der Waals surface area contributed by atoms with Crippen molar-refractivity contribution in [2.45, 2.75) is 27.3 Å². The van der Waals surface area contributed by atoms with Crippen molar-refractivity contribution in [2.75, 3.05) is 19.0 Å². The van der Waals surface area contributed by atoms with E-state index in [1.807, 2.05) is 25.9 Å². The van der Waals surface area contributed by atoms with E-state index in [2.05, 4.69) is 33.6 Å². The van der Waals surface area contributed by atoms with Crippen LogP contribution in [0, 0.1) is 17.6 Å². The molecule has 0 aliphatic heterocycles. The van der Waals surface area contributed by atoms with Gasteiger partial charge in [0.2, 0.25) is 0 Å². The molecule has 0 aliphatic carbocycles. The zero-order chi connectivity index (χ0) is 14.2. The van der Waals surface area contributed by atoms with Gasteiger partial charge in [0.1, 0.15) is 0 Å². The molecule has 0 unspecified atom stereocenters. The molecule has 0 amide bonds. The summed E-state index contributed by atoms with van der Waals surface area (Å²) in [6.45, 7) is 7.21. The fourth-order valence-electron chi connectivity index (χ4n) is 1.81. The predicted octanol–water partition coefficient (Wildman–Crippen LogP) is 3.09. The van der Waals surface area contributed by atoms with E-state index in [9.17, 15) is 0 Å². The topological polar surface area (TPSA) is 49.7 Å². The minimum Gasteiger partial charge on any atom is -0.354 e. The van der Waals surface area contributed by atoms with Gasteiger partial charge in [0, 0.05) is 20.6 Å². The quantitative estimate of drug-likeness (QED) is 0.881. The maximum absolute atomic E-state index is 5.31. The van der Waals surface area contributed by atoms with Gasteiger partial charge in [-0.2, -0.15) is 5.10 Å². The summed E-state index contributed by atoms with van der Waals surface area (Å²) in [6.07, 6.45) is 0. The Morgan fingerprint density at radius 3 is 2.63 bits per heavy atom. The molecule has 0 saturated heterocycles. The van der Waals surface area contributed by atoms with Gasteiger partial charge < -0.3 is 4.90 Å². The molecule has 19 heavy (non-hydrogen) atoms. The monoisotopic (exact) mass is 297 g/mol. The third kappa shape index (κ3) is 2.87. The van der Waals surface area contributed by atoms with Gasteiger partial charge in [0.15, 0.2) is 15.7 Å². The summed E-state index contributed by atoms with van der Waals surface area (Å²) in [7, 11) is 3.99. The van der Waals surface area contributed by atoms with Gasteiger partial charge in [0.05, 0.1) is 10.6 Å². The summed E-state index contributed by atoms with van der Waals surface area (Å²) in [5.41, 5.74) is 0.993. The van der Waals surface area contributed by atoms with Crippen molar-refractivity contribution in [1.29, 1.82) is 0 Å². The molecule has 5 nitrogen and oxygen atoms in total. The number of hydrogen-bond acceptors (Lipinski definition) is 5. The average molecular weight is 297 g/mol. The van der Waals surface area contributed by atoms with Gasteiger partial charge in [-0.15, -0.1) is 0 Å². The molecule has 2 heterocycles. The Morgan fingerprint density at radius 1 is 1.42 bits per heavy atom. The molecular formula is C12H19N5S2. The van der Waals surface area contributed by atoms with Crippen molar-refractivity contribution in [3.05, 3.63) is 10.5 Å². The molecule has 0 radical (unpaired) electrons. The number of thiazole rings is 1. The second-order valence-electron chi connectivity index (χ2n) is 5.16. The lowest BCUT2D eigenvalue weighted by Crippen LogP contribution is -2.07. The summed E-state index contributed by atoms with van der Waals surface area (Å²) in [5.74, 6) is 1.41. The number of aromatic amines is 1. The SMILES string of the molecule is Cc1nc(N(C)C)sc1-c1n[nH]c(=S)n1CC(C)C. The summed E-state index contributed by atoms with van der Waals surface area (Å²) in [5, 5.41) is 8.24. The van der Waals surface area contributed by atoms with Gasteiger partial charge in [0.25, 0.3) is 0 Å². The number of H-pyrrole nitrogens is 1. The van der Waals surface area contributed by atoms with Gasteiger partial charge in [-0.3, -0.25) is 9.67 Å². The Balaban J connectivity index is 2.50. The van der Waals surface area contributed by atoms with Crippen LogP contribution in [0.3, 0.4) is 0 Å². The maximum atomic E-state index is 5.31. The highest BCUT2D eigenvalue weighted by Crippen LogP contribution is 2.32. The molecule has 2 aromatic rings. The smallest absolute Gasteiger partial charge is 0.195 e. The zero-order valence-corrected chi connectivity index (χ0v) is 13.5. The predicted molar refractivity (Wildman–Crippen MR) is 82.4 cm³/mol. The molecule has 0 atom stereocenters. The van der Waals surface area contributed by atoms with Crippen LogP contribution in [0.25, 0.3) is 10.7 Å². The minimum absolute atomic E-state index is 0.518. The Kier molecular flexibility index (Phi) is 4.05. The summed E-state index contributed by atoms with van der Waals surface area (Å²) < 4.78 is 2.72. The van der Waals surface area contributed by atoms with E-state index in [-0.39, 0.29) is 0 Å². The highest BCUT2D eigenvalue weighted by Gasteiger charge is 2.17. The van der Waals surface area contributed by atoms with Crippen LogP contribution >= 0.6 is 23.6 Å². The van der Waals surface area contributed by atoms with Crippen LogP contribution in [0.5, 0.6) is 0 Å². The molecular weight excluding hydrogens is 278 g/mol. The Bertz CT molecular complexity index is 620. The maximum Gasteiger partial charge on any atom is 0.195 e. The second-order valence-corrected chi connectivity index (χ2v) is 6.53. The molecule has 1 N–H and O–H groups in total. The number of aryl methyl sites for hydroxylation is 1. The van der Waals surface area contributed by atoms with E-state index in [1.54, 1.807) is 11.3 Å². The van der Waals surface area contributed by atoms with Crippen LogP contribution in [0.4, 0.5) is 5.13 Å². The minimum atomic E-state index is 0.518. The van der Waals surface area contributed by atoms with Crippen LogP contribution in [-0.2, 0) is 6.54 Å². The normalized spacial score (nSPS) is 11.3. The molecule has 7 heteroatoms. The highest BCUT2D eigenvalue weighted by molar-refractivity contribution is 7.71. The lowest BCUT2D eigenvalue weighted by molar-refractivity contribution is 0.521. The fraction of sp³-hybridized carbons (Fsp3) is 0.583. The number of anilines is 1. The Labute approximate surface area is 122 Å². The van der Waals surface area contributed by atoms with Gasteiger partial charge >= 0.3 is 0 Å². The standard InChI is InChI=1S/C12H19N5S2/c1-7(2)6-17-10(14-15-11(17)18)9-8(3)13-12(19-9)16(4)5/h7H,6H2,1-5H3,(H,15,18). The van der Waals surface area contributed by atoms with Crippen LogP contribution in [-0.4, -0.2) is 33.8 Å². The first-order chi connectivity index (χ1) is 8.90. The highest BCUT2D eigenvalue weighted by atomic mass is 32.1. The van der Waals surface area contributed by atoms with Crippen molar-refractivity contribution < 1.29 is 0 Å². The van der Waals surface area contributed by atoms with E-state index in [0.717, 1.165) is 28.1 Å². The van der Waals surface area contributed by atoms with Crippen molar-refractivity contribution in [1.82, 2.24) is 19.7 Å². The molecule has 2 aromatic heterocycles. The van der Waals surface area contributed by atoms with Crippen LogP contribution in [0.15, 0.2) is 0 Å². The Hall–Kier alpha value is -1.21. The summed E-state index contributed by atoms with van der Waals surface area (Å²) in [6, 6.07) is 0. The second kappa shape index (κ2) is 5.42. The van der Waals surface area contributed by atoms with E-state index in [4.69, 9.17) is 12.2 Å². The van der Waals surface area contributed by atoms with E-state index in [1.165, 1.54) is 0 Å². The van der Waals surface area contributed by atoms with Crippen molar-refractivity contribution in [3.8, 4) is 10.7 Å². The van der Waals surface area contributed by atoms with E-state index >= 15 is 0 Å². The van der Waals surface area contributed by atoms with E-state index in [0.29, 0.717) is 10.7 Å². The average Bonchev–Trinajstić information content (AvgIpc) is 2.84. The van der Waals surface area contributed by atoms with Gasteiger partial charge in [-0.25, -0.2) is 4.98 Å². The zero-order valence-electron chi connectivity index (χ0n) is 11.9. The molecule has 0 fully saturated rings. The summed E-state index contributed by atoms with van der Waals surface area (Å²) in [4.78, 5) is 7.65. The largest absolute Gasteiger partial charge is 0.354 e. The van der Waals surface area contributed by atoms with Crippen LogP contribution < -0.4 is 4.90 Å². The first-order valence-corrected chi connectivity index (χ1v) is 7.43. The summed E-state index contributed by atoms with van der Waals surface area (Å²) >= 11 is 6.95. The molecule has 0 bridgehead atoms. The van der Waals surface area contributed by atoms with E-state index < -0.39 is 0 Å². The lowest BCUT2D eigenvalue weighted by Gasteiger charge is -2.08. The lowest BCUT2D eigenvalue weighted by atomic mass is 10.2. The fourth-order valence-corrected chi connectivity index (χ4v) is 3.00. The first-order valence-electron chi connectivity index (χ1n) is 6.20. The first kappa shape index (κ1) is 14.2. The van der Waals surface area contributed by atoms with Gasteiger partial charge in [-0.1, -0.05) is 25.2 Å². The van der Waals surface area contributed by atoms with Gasteiger partial charge in [-0.05, 0) is 25.1 Å². The van der Waals surface area contributed by atoms with Crippen molar-refractivity contribution >= 4 is 28.7 Å². The van der Waals surface area contributed by atoms with Crippen LogP contribution in [0.1, 0.15) is 19.5 Å². The number of nitrogens with one attached hydrogen (secondary N) is 1. The van der Waals surface area contributed by atoms with Crippen LogP contribution in [0.2, 0.25) is 0 Å². The number of nitrogens with zero attached hydrogens (tertiary/aromatic N) is 4. The van der Waals surface area contributed by atoms with Crippen molar-refractivity contribution in [2.24, 2.45) is 5.92 Å². The third-order valence-corrected chi connectivity index (χ3v) is 4.31. The number of aromatic nitrogens is 4. The van der Waals surface area contributed by atoms with Crippen molar-refractivity contribution in [3.63, 3.8) is 0 Å². The third-order valence-electron chi connectivity index (χ3n) is 2.68. The molecule has 0 saturated carbocycles.